The summed E-state index contributed by atoms with van der Waals surface area (Å²) in [5, 5.41) is 12.3. The number of carbonyl (C=O) groups excluding carboxylic acids is 1. The van der Waals surface area contributed by atoms with Crippen LogP contribution < -0.4 is 4.90 Å². The highest BCUT2D eigenvalue weighted by molar-refractivity contribution is 7.13. The number of nitrogens with zero attached hydrogens (tertiary/aromatic N) is 2. The normalized spacial score (nSPS) is 12.2. The molecule has 2 aromatic rings. The van der Waals surface area contributed by atoms with Crippen molar-refractivity contribution in [3.63, 3.8) is 0 Å². The van der Waals surface area contributed by atoms with Crippen molar-refractivity contribution in [3.05, 3.63) is 47.2 Å². The van der Waals surface area contributed by atoms with E-state index in [0.29, 0.717) is 10.7 Å². The van der Waals surface area contributed by atoms with E-state index in [0.717, 1.165) is 0 Å². The van der Waals surface area contributed by atoms with Crippen molar-refractivity contribution < 1.29 is 14.3 Å². The van der Waals surface area contributed by atoms with Gasteiger partial charge in [0.2, 0.25) is 5.91 Å². The highest BCUT2D eigenvalue weighted by atomic mass is 32.1. The first kappa shape index (κ1) is 13.6. The van der Waals surface area contributed by atoms with Crippen LogP contribution in [0.2, 0.25) is 0 Å². The molecule has 6 heteroatoms. The minimum absolute atomic E-state index is 0.112. The van der Waals surface area contributed by atoms with Crippen molar-refractivity contribution in [1.29, 1.82) is 0 Å². The SMILES string of the molecule is CN(C(=O)CC(O)c1cccc(F)c1)c1nccs1. The van der Waals surface area contributed by atoms with Crippen LogP contribution in [-0.4, -0.2) is 23.0 Å². The molecular formula is C13H13FN2O2S. The number of anilines is 1. The van der Waals surface area contributed by atoms with Gasteiger partial charge < -0.3 is 5.11 Å². The Kier molecular flexibility index (Phi) is 4.24. The van der Waals surface area contributed by atoms with Crippen molar-refractivity contribution >= 4 is 22.4 Å². The number of hydrogen-bond acceptors (Lipinski definition) is 4. The standard InChI is InChI=1S/C13H13FN2O2S/c1-16(13-15-5-6-19-13)12(18)8-11(17)9-3-2-4-10(14)7-9/h2-7,11,17H,8H2,1H3. The van der Waals surface area contributed by atoms with Crippen molar-refractivity contribution in [2.24, 2.45) is 0 Å². The highest BCUT2D eigenvalue weighted by Crippen LogP contribution is 2.21. The second-order valence-corrected chi connectivity index (χ2v) is 4.92. The quantitative estimate of drug-likeness (QED) is 0.935. The summed E-state index contributed by atoms with van der Waals surface area (Å²) in [7, 11) is 1.60. The lowest BCUT2D eigenvalue weighted by Crippen LogP contribution is -2.27. The van der Waals surface area contributed by atoms with Gasteiger partial charge in [-0.1, -0.05) is 12.1 Å². The molecule has 1 heterocycles. The zero-order chi connectivity index (χ0) is 13.8. The van der Waals surface area contributed by atoms with Gasteiger partial charge in [0.1, 0.15) is 5.82 Å². The molecule has 0 aliphatic carbocycles. The van der Waals surface area contributed by atoms with E-state index in [1.165, 1.54) is 34.4 Å². The Labute approximate surface area is 114 Å². The smallest absolute Gasteiger partial charge is 0.231 e. The first-order valence-corrected chi connectivity index (χ1v) is 6.55. The van der Waals surface area contributed by atoms with Gasteiger partial charge in [-0.05, 0) is 17.7 Å². The molecule has 0 fully saturated rings. The molecular weight excluding hydrogens is 267 g/mol. The van der Waals surface area contributed by atoms with Gasteiger partial charge in [0.05, 0.1) is 12.5 Å². The summed E-state index contributed by atoms with van der Waals surface area (Å²) in [5.41, 5.74) is 0.390. The van der Waals surface area contributed by atoms with Gasteiger partial charge in [-0.15, -0.1) is 11.3 Å². The van der Waals surface area contributed by atoms with Gasteiger partial charge >= 0.3 is 0 Å². The van der Waals surface area contributed by atoms with E-state index in [9.17, 15) is 14.3 Å². The maximum atomic E-state index is 13.0. The molecule has 1 N–H and O–H groups in total. The number of carbonyl (C=O) groups is 1. The molecule has 1 aromatic heterocycles. The first-order valence-electron chi connectivity index (χ1n) is 5.67. The Balaban J connectivity index is 2.03. The van der Waals surface area contributed by atoms with E-state index in [1.807, 2.05) is 0 Å². The minimum Gasteiger partial charge on any atom is -0.388 e. The lowest BCUT2D eigenvalue weighted by molar-refractivity contribution is -0.120. The Bertz CT molecular complexity index is 560. The van der Waals surface area contributed by atoms with Crippen molar-refractivity contribution in [1.82, 2.24) is 4.98 Å². The fraction of sp³-hybridized carbons (Fsp3) is 0.231. The summed E-state index contributed by atoms with van der Waals surface area (Å²) in [5.74, 6) is -0.705. The molecule has 0 saturated carbocycles. The molecule has 1 unspecified atom stereocenters. The zero-order valence-corrected chi connectivity index (χ0v) is 11.1. The van der Waals surface area contributed by atoms with Crippen molar-refractivity contribution in [3.8, 4) is 0 Å². The average molecular weight is 280 g/mol. The predicted octanol–water partition coefficient (Wildman–Crippen LogP) is 2.37. The Morgan fingerprint density at radius 1 is 1.58 bits per heavy atom. The molecule has 1 aromatic carbocycles. The summed E-state index contributed by atoms with van der Waals surface area (Å²) >= 11 is 1.34. The van der Waals surface area contributed by atoms with Crippen LogP contribution in [0, 0.1) is 5.82 Å². The molecule has 2 rings (SSSR count). The van der Waals surface area contributed by atoms with Gasteiger partial charge in [-0.3, -0.25) is 9.69 Å². The molecule has 0 bridgehead atoms. The number of halogens is 1. The van der Waals surface area contributed by atoms with Gasteiger partial charge in [-0.2, -0.15) is 0 Å². The number of hydrogen-bond donors (Lipinski definition) is 1. The molecule has 4 nitrogen and oxygen atoms in total. The second kappa shape index (κ2) is 5.90. The van der Waals surface area contributed by atoms with E-state index >= 15 is 0 Å². The summed E-state index contributed by atoms with van der Waals surface area (Å²) in [6.45, 7) is 0. The van der Waals surface area contributed by atoms with Crippen molar-refractivity contribution in [2.75, 3.05) is 11.9 Å². The molecule has 0 radical (unpaired) electrons. The molecule has 0 spiro atoms. The third kappa shape index (κ3) is 3.36. The van der Waals surface area contributed by atoms with Crippen LogP contribution in [-0.2, 0) is 4.79 Å². The van der Waals surface area contributed by atoms with E-state index in [2.05, 4.69) is 4.98 Å². The van der Waals surface area contributed by atoms with Crippen LogP contribution in [0.15, 0.2) is 35.8 Å². The Hall–Kier alpha value is -1.79. The molecule has 0 aliphatic heterocycles. The second-order valence-electron chi connectivity index (χ2n) is 4.04. The summed E-state index contributed by atoms with van der Waals surface area (Å²) < 4.78 is 13.0. The van der Waals surface area contributed by atoms with Gasteiger partial charge in [-0.25, -0.2) is 9.37 Å². The first-order chi connectivity index (χ1) is 9.08. The fourth-order valence-electron chi connectivity index (χ4n) is 1.62. The lowest BCUT2D eigenvalue weighted by atomic mass is 10.1. The monoisotopic (exact) mass is 280 g/mol. The van der Waals surface area contributed by atoms with E-state index in [1.54, 1.807) is 24.7 Å². The molecule has 1 atom stereocenters. The Morgan fingerprint density at radius 3 is 3.00 bits per heavy atom. The van der Waals surface area contributed by atoms with Gasteiger partial charge in [0.15, 0.2) is 5.13 Å². The number of aliphatic hydroxyl groups excluding tert-OH is 1. The summed E-state index contributed by atoms with van der Waals surface area (Å²) in [4.78, 5) is 17.3. The predicted molar refractivity (Wildman–Crippen MR) is 71.5 cm³/mol. The third-order valence-corrected chi connectivity index (χ3v) is 3.53. The van der Waals surface area contributed by atoms with Crippen LogP contribution in [0.5, 0.6) is 0 Å². The van der Waals surface area contributed by atoms with Crippen LogP contribution in [0.1, 0.15) is 18.1 Å². The van der Waals surface area contributed by atoms with Crippen LogP contribution in [0.4, 0.5) is 9.52 Å². The van der Waals surface area contributed by atoms with E-state index in [4.69, 9.17) is 0 Å². The molecule has 1 amide bonds. The number of benzene rings is 1. The van der Waals surface area contributed by atoms with E-state index in [-0.39, 0.29) is 12.3 Å². The third-order valence-electron chi connectivity index (χ3n) is 2.68. The largest absolute Gasteiger partial charge is 0.388 e. The summed E-state index contributed by atoms with van der Waals surface area (Å²) in [6, 6.07) is 5.61. The van der Waals surface area contributed by atoms with E-state index < -0.39 is 11.9 Å². The Morgan fingerprint density at radius 2 is 2.37 bits per heavy atom. The van der Waals surface area contributed by atoms with Crippen LogP contribution in [0.3, 0.4) is 0 Å². The summed E-state index contributed by atoms with van der Waals surface area (Å²) in [6.07, 6.45) is 0.470. The van der Waals surface area contributed by atoms with Gasteiger partial charge in [0.25, 0.3) is 0 Å². The lowest BCUT2D eigenvalue weighted by Gasteiger charge is -2.16. The molecule has 100 valence electrons. The molecule has 0 aliphatic rings. The highest BCUT2D eigenvalue weighted by Gasteiger charge is 2.18. The van der Waals surface area contributed by atoms with Crippen LogP contribution in [0.25, 0.3) is 0 Å². The maximum Gasteiger partial charge on any atom is 0.231 e. The molecule has 19 heavy (non-hydrogen) atoms. The average Bonchev–Trinajstić information content (AvgIpc) is 2.91. The molecule has 0 saturated heterocycles. The number of amides is 1. The number of aromatic nitrogens is 1. The number of rotatable bonds is 4. The minimum atomic E-state index is -1.02. The maximum absolute atomic E-state index is 13.0. The van der Waals surface area contributed by atoms with Crippen molar-refractivity contribution in [2.45, 2.75) is 12.5 Å². The van der Waals surface area contributed by atoms with Gasteiger partial charge in [0, 0.05) is 18.6 Å². The fourth-order valence-corrected chi connectivity index (χ4v) is 2.25. The zero-order valence-electron chi connectivity index (χ0n) is 10.3. The topological polar surface area (TPSA) is 53.4 Å². The number of aliphatic hydroxyl groups is 1. The van der Waals surface area contributed by atoms with Crippen LogP contribution >= 0.6 is 11.3 Å². The number of thiazole rings is 1.